The van der Waals surface area contributed by atoms with E-state index in [0.29, 0.717) is 22.5 Å². The molecular formula is C20H14ClN5O4. The van der Waals surface area contributed by atoms with Gasteiger partial charge in [0.15, 0.2) is 0 Å². The number of nitrogens with one attached hydrogen (secondary N) is 1. The number of carboxylic acid groups (broad SMARTS) is 1. The van der Waals surface area contributed by atoms with E-state index in [9.17, 15) is 14.7 Å². The summed E-state index contributed by atoms with van der Waals surface area (Å²) in [5.41, 5.74) is 2.25. The minimum absolute atomic E-state index is 0.165. The van der Waals surface area contributed by atoms with Crippen LogP contribution in [0.15, 0.2) is 54.7 Å². The number of allylic oxidation sites excluding steroid dienone is 1. The lowest BCUT2D eigenvalue weighted by molar-refractivity contribution is 0.0696. The van der Waals surface area contributed by atoms with Crippen LogP contribution in [-0.4, -0.2) is 47.2 Å². The number of aliphatic hydroxyl groups excluding tert-OH is 1. The molecule has 0 aliphatic carbocycles. The number of aromatic carboxylic acids is 1. The third-order valence-electron chi connectivity index (χ3n) is 4.51. The molecular weight excluding hydrogens is 410 g/mol. The number of hydrogen-bond acceptors (Lipinski definition) is 6. The van der Waals surface area contributed by atoms with E-state index >= 15 is 0 Å². The van der Waals surface area contributed by atoms with E-state index in [1.807, 2.05) is 4.57 Å². The number of carbonyl (C=O) groups excluding carboxylic acids is 1. The van der Waals surface area contributed by atoms with E-state index in [-0.39, 0.29) is 17.1 Å². The number of hydrogen-bond donors (Lipinski definition) is 3. The molecule has 0 fully saturated rings. The Labute approximate surface area is 174 Å². The van der Waals surface area contributed by atoms with E-state index in [4.69, 9.17) is 16.7 Å². The standard InChI is InChI=1S/C20H14ClN5O4/c21-13-5-6-16-14(7-13)15(17(27)8-18(28)19-22-24-25-23-19)10-26(16)9-11-1-3-12(4-2-11)20(29)30/h1-8,10,27H,9H2,(H,29,30)(H,22,23,24,25)/b17-8+. The van der Waals surface area contributed by atoms with Gasteiger partial charge in [-0.3, -0.25) is 4.79 Å². The van der Waals surface area contributed by atoms with E-state index in [0.717, 1.165) is 17.2 Å². The molecule has 2 aromatic heterocycles. The zero-order valence-electron chi connectivity index (χ0n) is 15.3. The summed E-state index contributed by atoms with van der Waals surface area (Å²) >= 11 is 6.13. The van der Waals surface area contributed by atoms with Crippen LogP contribution in [0.25, 0.3) is 16.7 Å². The van der Waals surface area contributed by atoms with Crippen molar-refractivity contribution in [3.05, 3.63) is 82.3 Å². The maximum absolute atomic E-state index is 12.2. The van der Waals surface area contributed by atoms with Gasteiger partial charge in [-0.1, -0.05) is 23.7 Å². The molecule has 150 valence electrons. The molecule has 0 bridgehead atoms. The van der Waals surface area contributed by atoms with E-state index in [1.54, 1.807) is 36.5 Å². The van der Waals surface area contributed by atoms with Gasteiger partial charge in [0.05, 0.1) is 5.56 Å². The third kappa shape index (κ3) is 3.78. The zero-order chi connectivity index (χ0) is 21.3. The minimum Gasteiger partial charge on any atom is -0.507 e. The lowest BCUT2D eigenvalue weighted by atomic mass is 10.1. The number of rotatable bonds is 6. The number of nitrogens with zero attached hydrogens (tertiary/aromatic N) is 4. The molecule has 0 saturated carbocycles. The highest BCUT2D eigenvalue weighted by molar-refractivity contribution is 6.31. The Morgan fingerprint density at radius 3 is 2.57 bits per heavy atom. The van der Waals surface area contributed by atoms with Crippen LogP contribution in [0.4, 0.5) is 0 Å². The molecule has 4 rings (SSSR count). The fourth-order valence-electron chi connectivity index (χ4n) is 3.09. The Hall–Kier alpha value is -3.98. The van der Waals surface area contributed by atoms with Crippen LogP contribution in [0.2, 0.25) is 5.02 Å². The molecule has 0 aliphatic rings. The molecule has 9 nitrogen and oxygen atoms in total. The number of ketones is 1. The van der Waals surface area contributed by atoms with Crippen molar-refractivity contribution < 1.29 is 19.8 Å². The Morgan fingerprint density at radius 1 is 1.13 bits per heavy atom. The smallest absolute Gasteiger partial charge is 0.335 e. The van der Waals surface area contributed by atoms with Crippen molar-refractivity contribution >= 4 is 40.0 Å². The molecule has 0 aliphatic heterocycles. The summed E-state index contributed by atoms with van der Waals surface area (Å²) in [6.45, 7) is 0.421. The lowest BCUT2D eigenvalue weighted by Gasteiger charge is -2.06. The molecule has 0 spiro atoms. The van der Waals surface area contributed by atoms with Crippen LogP contribution in [-0.2, 0) is 6.54 Å². The number of carboxylic acids is 1. The van der Waals surface area contributed by atoms with Gasteiger partial charge < -0.3 is 14.8 Å². The second kappa shape index (κ2) is 7.80. The first-order valence-corrected chi connectivity index (χ1v) is 9.09. The first-order valence-electron chi connectivity index (χ1n) is 8.72. The maximum Gasteiger partial charge on any atom is 0.335 e. The predicted octanol–water partition coefficient (Wildman–Crippen LogP) is 3.34. The Balaban J connectivity index is 1.73. The van der Waals surface area contributed by atoms with Gasteiger partial charge in [0, 0.05) is 40.3 Å². The Bertz CT molecular complexity index is 1280. The number of aromatic amines is 1. The summed E-state index contributed by atoms with van der Waals surface area (Å²) < 4.78 is 1.87. The molecule has 0 unspecified atom stereocenters. The lowest BCUT2D eigenvalue weighted by Crippen LogP contribution is -2.00. The normalized spacial score (nSPS) is 11.7. The quantitative estimate of drug-likeness (QED) is 0.246. The topological polar surface area (TPSA) is 134 Å². The van der Waals surface area contributed by atoms with Crippen LogP contribution in [0.1, 0.15) is 32.1 Å². The second-order valence-electron chi connectivity index (χ2n) is 6.46. The number of aromatic nitrogens is 5. The number of aliphatic hydroxyl groups is 1. The first kappa shape index (κ1) is 19.3. The van der Waals surface area contributed by atoms with Crippen molar-refractivity contribution in [2.45, 2.75) is 6.54 Å². The number of tetrazole rings is 1. The van der Waals surface area contributed by atoms with Crippen molar-refractivity contribution in [3.8, 4) is 0 Å². The van der Waals surface area contributed by atoms with Gasteiger partial charge in [0.2, 0.25) is 11.6 Å². The fraction of sp³-hybridized carbons (Fsp3) is 0.0500. The Kier molecular flexibility index (Phi) is 5.03. The molecule has 0 saturated heterocycles. The molecule has 10 heteroatoms. The molecule has 2 heterocycles. The fourth-order valence-corrected chi connectivity index (χ4v) is 3.26. The first-order chi connectivity index (χ1) is 14.4. The monoisotopic (exact) mass is 423 g/mol. The zero-order valence-corrected chi connectivity index (χ0v) is 16.0. The van der Waals surface area contributed by atoms with Crippen LogP contribution in [0.5, 0.6) is 0 Å². The van der Waals surface area contributed by atoms with Gasteiger partial charge in [-0.2, -0.15) is 5.21 Å². The highest BCUT2D eigenvalue weighted by Gasteiger charge is 2.16. The third-order valence-corrected chi connectivity index (χ3v) is 4.74. The molecule has 2 aromatic carbocycles. The summed E-state index contributed by atoms with van der Waals surface area (Å²) in [5, 5.41) is 33.5. The predicted molar refractivity (Wildman–Crippen MR) is 109 cm³/mol. The Morgan fingerprint density at radius 2 is 1.90 bits per heavy atom. The number of fused-ring (bicyclic) bond motifs is 1. The van der Waals surface area contributed by atoms with E-state index in [1.165, 1.54) is 12.1 Å². The second-order valence-corrected chi connectivity index (χ2v) is 6.90. The highest BCUT2D eigenvalue weighted by Crippen LogP contribution is 2.29. The number of H-pyrrole nitrogens is 1. The van der Waals surface area contributed by atoms with Crippen molar-refractivity contribution in [2.75, 3.05) is 0 Å². The average molecular weight is 424 g/mol. The average Bonchev–Trinajstić information content (AvgIpc) is 3.37. The van der Waals surface area contributed by atoms with Crippen LogP contribution in [0.3, 0.4) is 0 Å². The van der Waals surface area contributed by atoms with Crippen LogP contribution in [0, 0.1) is 0 Å². The van der Waals surface area contributed by atoms with Crippen molar-refractivity contribution in [3.63, 3.8) is 0 Å². The summed E-state index contributed by atoms with van der Waals surface area (Å²) in [4.78, 5) is 23.2. The van der Waals surface area contributed by atoms with Gasteiger partial charge in [-0.15, -0.1) is 10.2 Å². The van der Waals surface area contributed by atoms with Crippen LogP contribution >= 0.6 is 11.6 Å². The van der Waals surface area contributed by atoms with E-state index < -0.39 is 11.8 Å². The van der Waals surface area contributed by atoms with Crippen molar-refractivity contribution in [2.24, 2.45) is 0 Å². The summed E-state index contributed by atoms with van der Waals surface area (Å²) in [5.74, 6) is -2.03. The summed E-state index contributed by atoms with van der Waals surface area (Å²) in [6.07, 6.45) is 2.72. The molecule has 4 aromatic rings. The van der Waals surface area contributed by atoms with Gasteiger partial charge in [0.25, 0.3) is 0 Å². The van der Waals surface area contributed by atoms with Gasteiger partial charge >= 0.3 is 5.97 Å². The molecule has 0 radical (unpaired) electrons. The van der Waals surface area contributed by atoms with Gasteiger partial charge in [0.1, 0.15) is 5.76 Å². The van der Waals surface area contributed by atoms with Gasteiger partial charge in [-0.25, -0.2) is 4.79 Å². The number of carbonyl (C=O) groups is 2. The largest absolute Gasteiger partial charge is 0.507 e. The molecule has 0 atom stereocenters. The summed E-state index contributed by atoms with van der Waals surface area (Å²) in [6, 6.07) is 11.7. The van der Waals surface area contributed by atoms with Crippen molar-refractivity contribution in [1.29, 1.82) is 0 Å². The van der Waals surface area contributed by atoms with Gasteiger partial charge in [-0.05, 0) is 41.1 Å². The SMILES string of the molecule is O=C(O)c1ccc(Cn2cc(/C(O)=C\C(=O)c3nn[nH]n3)c3cc(Cl)ccc32)cc1. The molecule has 30 heavy (non-hydrogen) atoms. The highest BCUT2D eigenvalue weighted by atomic mass is 35.5. The number of halogens is 1. The molecule has 3 N–H and O–H groups in total. The maximum atomic E-state index is 12.2. The summed E-state index contributed by atoms with van der Waals surface area (Å²) in [7, 11) is 0. The minimum atomic E-state index is -0.994. The van der Waals surface area contributed by atoms with Crippen LogP contribution < -0.4 is 0 Å². The molecule has 0 amide bonds. The van der Waals surface area contributed by atoms with Crippen molar-refractivity contribution in [1.82, 2.24) is 25.2 Å². The number of benzene rings is 2. The van der Waals surface area contributed by atoms with E-state index in [2.05, 4.69) is 20.6 Å².